The van der Waals surface area contributed by atoms with Crippen LogP contribution in [0.15, 0.2) is 42.5 Å². The lowest BCUT2D eigenvalue weighted by molar-refractivity contribution is 0.618. The van der Waals surface area contributed by atoms with Crippen LogP contribution in [0.25, 0.3) is 11.0 Å². The van der Waals surface area contributed by atoms with Gasteiger partial charge in [0.25, 0.3) is 0 Å². The van der Waals surface area contributed by atoms with E-state index in [0.717, 1.165) is 16.6 Å². The Hall–Kier alpha value is -1.94. The molecule has 1 atom stereocenters. The smallest absolute Gasteiger partial charge is 0.178 e. The molecule has 0 radical (unpaired) electrons. The van der Waals surface area contributed by atoms with Crippen LogP contribution >= 0.6 is 12.2 Å². The van der Waals surface area contributed by atoms with E-state index in [-0.39, 0.29) is 11.9 Å². The molecule has 1 N–H and O–H groups in total. The molecule has 2 nitrogen and oxygen atoms in total. The molecule has 0 saturated heterocycles. The lowest BCUT2D eigenvalue weighted by Crippen LogP contribution is -2.07. The highest BCUT2D eigenvalue weighted by Crippen LogP contribution is 2.26. The zero-order valence-electron chi connectivity index (χ0n) is 11.4. The number of aromatic nitrogens is 2. The van der Waals surface area contributed by atoms with Crippen molar-refractivity contribution < 1.29 is 4.39 Å². The molecule has 0 aliphatic carbocycles. The van der Waals surface area contributed by atoms with Gasteiger partial charge in [-0.2, -0.15) is 0 Å². The molecule has 0 amide bonds. The SMILES string of the molecule is Cc1cccc2[nH]c(=S)n(C(C)c3ccc(F)cc3)c12. The normalized spacial score (nSPS) is 12.8. The van der Waals surface area contributed by atoms with E-state index in [9.17, 15) is 4.39 Å². The Morgan fingerprint density at radius 2 is 1.85 bits per heavy atom. The fraction of sp³-hybridized carbons (Fsp3) is 0.188. The summed E-state index contributed by atoms with van der Waals surface area (Å²) in [4.78, 5) is 3.23. The molecule has 0 fully saturated rings. The predicted molar refractivity (Wildman–Crippen MR) is 82.1 cm³/mol. The Bertz CT molecular complexity index is 815. The van der Waals surface area contributed by atoms with Crippen molar-refractivity contribution in [1.29, 1.82) is 0 Å². The van der Waals surface area contributed by atoms with Crippen molar-refractivity contribution in [2.45, 2.75) is 19.9 Å². The minimum absolute atomic E-state index is 0.0537. The van der Waals surface area contributed by atoms with Crippen LogP contribution in [0.4, 0.5) is 4.39 Å². The first-order valence-electron chi connectivity index (χ1n) is 6.53. The first-order valence-corrected chi connectivity index (χ1v) is 6.94. The van der Waals surface area contributed by atoms with Gasteiger partial charge in [-0.15, -0.1) is 0 Å². The number of fused-ring (bicyclic) bond motifs is 1. The Kier molecular flexibility index (Phi) is 3.18. The molecule has 0 saturated carbocycles. The van der Waals surface area contributed by atoms with Gasteiger partial charge >= 0.3 is 0 Å². The minimum atomic E-state index is -0.223. The fourth-order valence-electron chi connectivity index (χ4n) is 2.62. The maximum absolute atomic E-state index is 13.1. The van der Waals surface area contributed by atoms with Gasteiger partial charge in [-0.25, -0.2) is 4.39 Å². The molecule has 3 rings (SSSR count). The van der Waals surface area contributed by atoms with E-state index in [2.05, 4.69) is 29.5 Å². The molecule has 1 aromatic heterocycles. The summed E-state index contributed by atoms with van der Waals surface area (Å²) < 4.78 is 15.8. The molecule has 0 bridgehead atoms. The highest BCUT2D eigenvalue weighted by Gasteiger charge is 2.14. The van der Waals surface area contributed by atoms with Crippen LogP contribution in [0, 0.1) is 17.5 Å². The zero-order valence-corrected chi connectivity index (χ0v) is 12.2. The van der Waals surface area contributed by atoms with Gasteiger partial charge in [0.05, 0.1) is 17.1 Å². The molecule has 1 unspecified atom stereocenters. The van der Waals surface area contributed by atoms with Crippen LogP contribution in [0.2, 0.25) is 0 Å². The third-order valence-corrected chi connectivity index (χ3v) is 3.98. The van der Waals surface area contributed by atoms with E-state index in [1.54, 1.807) is 12.1 Å². The highest BCUT2D eigenvalue weighted by atomic mass is 32.1. The van der Waals surface area contributed by atoms with Crippen LogP contribution in [-0.4, -0.2) is 9.55 Å². The predicted octanol–water partition coefficient (Wildman–Crippen LogP) is 4.76. The molecule has 2 aromatic carbocycles. The third kappa shape index (κ3) is 2.06. The quantitative estimate of drug-likeness (QED) is 0.674. The standard InChI is InChI=1S/C16H15FN2S/c1-10-4-3-5-14-15(10)19(16(20)18-14)11(2)12-6-8-13(17)9-7-12/h3-9,11H,1-2H3,(H,18,20). The summed E-state index contributed by atoms with van der Waals surface area (Å²) in [6.07, 6.45) is 0. The van der Waals surface area contributed by atoms with Crippen molar-refractivity contribution in [3.63, 3.8) is 0 Å². The molecular weight excluding hydrogens is 271 g/mol. The van der Waals surface area contributed by atoms with Gasteiger partial charge < -0.3 is 9.55 Å². The van der Waals surface area contributed by atoms with E-state index in [1.165, 1.54) is 17.7 Å². The number of hydrogen-bond donors (Lipinski definition) is 1. The van der Waals surface area contributed by atoms with Gasteiger partial charge in [-0.1, -0.05) is 24.3 Å². The second-order valence-corrected chi connectivity index (χ2v) is 5.39. The van der Waals surface area contributed by atoms with Crippen LogP contribution < -0.4 is 0 Å². The zero-order chi connectivity index (χ0) is 14.3. The number of benzene rings is 2. The Balaban J connectivity index is 2.21. The van der Waals surface area contributed by atoms with Crippen molar-refractivity contribution >= 4 is 23.3 Å². The number of imidazole rings is 1. The summed E-state index contributed by atoms with van der Waals surface area (Å²) in [5.74, 6) is -0.223. The molecular formula is C16H15FN2S. The number of nitrogens with one attached hydrogen (secondary N) is 1. The molecule has 0 aliphatic rings. The topological polar surface area (TPSA) is 20.7 Å². The molecule has 0 spiro atoms. The largest absolute Gasteiger partial charge is 0.331 e. The molecule has 4 heteroatoms. The van der Waals surface area contributed by atoms with Gasteiger partial charge in [0, 0.05) is 0 Å². The lowest BCUT2D eigenvalue weighted by atomic mass is 10.1. The average molecular weight is 286 g/mol. The van der Waals surface area contributed by atoms with Gasteiger partial charge in [-0.3, -0.25) is 0 Å². The Morgan fingerprint density at radius 3 is 2.55 bits per heavy atom. The van der Waals surface area contributed by atoms with Crippen molar-refractivity contribution in [2.75, 3.05) is 0 Å². The highest BCUT2D eigenvalue weighted by molar-refractivity contribution is 7.71. The average Bonchev–Trinajstić information content (AvgIpc) is 2.76. The maximum Gasteiger partial charge on any atom is 0.178 e. The van der Waals surface area contributed by atoms with E-state index in [0.29, 0.717) is 4.77 Å². The second kappa shape index (κ2) is 4.87. The van der Waals surface area contributed by atoms with E-state index in [4.69, 9.17) is 12.2 Å². The van der Waals surface area contributed by atoms with E-state index >= 15 is 0 Å². The number of nitrogens with zero attached hydrogens (tertiary/aromatic N) is 1. The maximum atomic E-state index is 13.1. The number of H-pyrrole nitrogens is 1. The molecule has 20 heavy (non-hydrogen) atoms. The summed E-state index contributed by atoms with van der Waals surface area (Å²) in [6.45, 7) is 4.14. The minimum Gasteiger partial charge on any atom is -0.331 e. The van der Waals surface area contributed by atoms with E-state index in [1.807, 2.05) is 12.1 Å². The van der Waals surface area contributed by atoms with Crippen molar-refractivity contribution in [1.82, 2.24) is 9.55 Å². The second-order valence-electron chi connectivity index (χ2n) is 5.00. The number of para-hydroxylation sites is 1. The van der Waals surface area contributed by atoms with Crippen LogP contribution in [-0.2, 0) is 0 Å². The number of aromatic amines is 1. The van der Waals surface area contributed by atoms with Crippen LogP contribution in [0.5, 0.6) is 0 Å². The lowest BCUT2D eigenvalue weighted by Gasteiger charge is -2.16. The van der Waals surface area contributed by atoms with Crippen molar-refractivity contribution in [3.05, 3.63) is 64.2 Å². The van der Waals surface area contributed by atoms with Gasteiger partial charge in [-0.05, 0) is 55.4 Å². The molecule has 3 aromatic rings. The Labute approximate surface area is 121 Å². The van der Waals surface area contributed by atoms with Crippen molar-refractivity contribution in [2.24, 2.45) is 0 Å². The van der Waals surface area contributed by atoms with E-state index < -0.39 is 0 Å². The van der Waals surface area contributed by atoms with Crippen LogP contribution in [0.3, 0.4) is 0 Å². The first kappa shape index (κ1) is 13.1. The van der Waals surface area contributed by atoms with Gasteiger partial charge in [0.1, 0.15) is 5.82 Å². The first-order chi connectivity index (χ1) is 9.58. The number of rotatable bonds is 2. The molecule has 1 heterocycles. The summed E-state index contributed by atoms with van der Waals surface area (Å²) in [5.41, 5.74) is 4.34. The van der Waals surface area contributed by atoms with Gasteiger partial charge in [0.2, 0.25) is 0 Å². The molecule has 0 aliphatic heterocycles. The van der Waals surface area contributed by atoms with Crippen LogP contribution in [0.1, 0.15) is 24.1 Å². The number of hydrogen-bond acceptors (Lipinski definition) is 1. The Morgan fingerprint density at radius 1 is 1.15 bits per heavy atom. The van der Waals surface area contributed by atoms with Crippen molar-refractivity contribution in [3.8, 4) is 0 Å². The van der Waals surface area contributed by atoms with Gasteiger partial charge in [0.15, 0.2) is 4.77 Å². The molecule has 102 valence electrons. The summed E-state index contributed by atoms with van der Waals surface area (Å²) >= 11 is 5.45. The summed E-state index contributed by atoms with van der Waals surface area (Å²) in [7, 11) is 0. The third-order valence-electron chi connectivity index (χ3n) is 3.68. The summed E-state index contributed by atoms with van der Waals surface area (Å²) in [6, 6.07) is 12.7. The fourth-order valence-corrected chi connectivity index (χ4v) is 2.98. The number of halogens is 1. The number of aryl methyl sites for hydroxylation is 1. The summed E-state index contributed by atoms with van der Waals surface area (Å²) in [5, 5.41) is 0. The monoisotopic (exact) mass is 286 g/mol.